The molecule has 0 bridgehead atoms. The van der Waals surface area contributed by atoms with Gasteiger partial charge in [-0.15, -0.1) is 0 Å². The lowest BCUT2D eigenvalue weighted by Crippen LogP contribution is -2.61. The molecule has 2 fully saturated rings. The molecule has 2 aliphatic heterocycles. The summed E-state index contributed by atoms with van der Waals surface area (Å²) in [6.07, 6.45) is 2.83. The van der Waals surface area contributed by atoms with Gasteiger partial charge in [-0.05, 0) is 50.3 Å². The SMILES string of the molecule is C=CC(=O)N1CC(NC(=O)Cn2c(C)c(C(=O)N3CCN(c4ccc(C#N)cn4)C[C@@H]3C)c3cc(Br)ccc32)C1. The van der Waals surface area contributed by atoms with Crippen LogP contribution >= 0.6 is 15.9 Å². The zero-order chi connectivity index (χ0) is 28.6. The summed E-state index contributed by atoms with van der Waals surface area (Å²) in [5.41, 5.74) is 2.64. The average Bonchev–Trinajstić information content (AvgIpc) is 3.19. The van der Waals surface area contributed by atoms with Gasteiger partial charge in [0.1, 0.15) is 18.4 Å². The first-order chi connectivity index (χ1) is 19.2. The number of hydrogen-bond donors (Lipinski definition) is 1. The summed E-state index contributed by atoms with van der Waals surface area (Å²) < 4.78 is 2.74. The number of carbonyl (C=O) groups excluding carboxylic acids is 3. The van der Waals surface area contributed by atoms with Crippen LogP contribution in [0.3, 0.4) is 0 Å². The van der Waals surface area contributed by atoms with E-state index in [1.165, 1.54) is 6.08 Å². The standard InChI is InChI=1S/C29H30BrN7O3/c1-4-27(39)35-15-22(16-35)33-26(38)17-37-19(3)28(23-11-21(30)6-7-24(23)37)29(40)36-10-9-34(14-18(36)2)25-8-5-20(12-31)13-32-25/h4-8,11,13,18,22H,1,9-10,14-17H2,2-3H3,(H,33,38)/t18-/m0/s1. The number of pyridine rings is 1. The summed E-state index contributed by atoms with van der Waals surface area (Å²) in [5.74, 6) is 0.394. The van der Waals surface area contributed by atoms with Gasteiger partial charge in [0.2, 0.25) is 11.8 Å². The second-order valence-electron chi connectivity index (χ2n) is 10.2. The summed E-state index contributed by atoms with van der Waals surface area (Å²) in [7, 11) is 0. The van der Waals surface area contributed by atoms with Crippen LogP contribution < -0.4 is 10.2 Å². The quantitative estimate of drug-likeness (QED) is 0.433. The lowest BCUT2D eigenvalue weighted by molar-refractivity contribution is -0.133. The molecule has 11 heteroatoms. The molecule has 2 saturated heterocycles. The number of nitrogens with one attached hydrogen (secondary N) is 1. The van der Waals surface area contributed by atoms with Gasteiger partial charge < -0.3 is 24.6 Å². The molecule has 0 aliphatic carbocycles. The molecule has 206 valence electrons. The highest BCUT2D eigenvalue weighted by atomic mass is 79.9. The highest BCUT2D eigenvalue weighted by Crippen LogP contribution is 2.31. The lowest BCUT2D eigenvalue weighted by atomic mass is 10.1. The van der Waals surface area contributed by atoms with E-state index in [0.717, 1.165) is 26.9 Å². The maximum absolute atomic E-state index is 14.0. The van der Waals surface area contributed by atoms with Crippen LogP contribution in [0.5, 0.6) is 0 Å². The van der Waals surface area contributed by atoms with E-state index in [9.17, 15) is 14.4 Å². The number of rotatable bonds is 6. The number of piperazine rings is 1. The van der Waals surface area contributed by atoms with Gasteiger partial charge in [-0.3, -0.25) is 14.4 Å². The summed E-state index contributed by atoms with van der Waals surface area (Å²) in [4.78, 5) is 48.7. The Kier molecular flexibility index (Phi) is 7.63. The highest BCUT2D eigenvalue weighted by molar-refractivity contribution is 9.10. The first-order valence-electron chi connectivity index (χ1n) is 13.1. The fraction of sp³-hybridized carbons (Fsp3) is 0.345. The Balaban J connectivity index is 1.34. The number of fused-ring (bicyclic) bond motifs is 1. The van der Waals surface area contributed by atoms with Gasteiger partial charge in [0.25, 0.3) is 5.91 Å². The topological polar surface area (TPSA) is 115 Å². The number of amides is 3. The fourth-order valence-corrected chi connectivity index (χ4v) is 5.84. The van der Waals surface area contributed by atoms with Crippen molar-refractivity contribution in [1.82, 2.24) is 24.7 Å². The highest BCUT2D eigenvalue weighted by Gasteiger charge is 2.33. The van der Waals surface area contributed by atoms with Crippen molar-refractivity contribution in [1.29, 1.82) is 5.26 Å². The van der Waals surface area contributed by atoms with Crippen molar-refractivity contribution in [3.05, 3.63) is 70.5 Å². The van der Waals surface area contributed by atoms with E-state index in [-0.39, 0.29) is 36.3 Å². The van der Waals surface area contributed by atoms with E-state index in [2.05, 4.69) is 43.8 Å². The summed E-state index contributed by atoms with van der Waals surface area (Å²) in [6.45, 7) is 10.1. The van der Waals surface area contributed by atoms with Crippen LogP contribution in [-0.4, -0.2) is 81.9 Å². The third kappa shape index (κ3) is 5.19. The Bertz CT molecular complexity index is 1540. The smallest absolute Gasteiger partial charge is 0.256 e. The molecule has 10 nitrogen and oxygen atoms in total. The molecule has 2 aliphatic rings. The lowest BCUT2D eigenvalue weighted by Gasteiger charge is -2.40. The van der Waals surface area contributed by atoms with E-state index in [1.807, 2.05) is 47.6 Å². The summed E-state index contributed by atoms with van der Waals surface area (Å²) in [6, 6.07) is 11.2. The molecule has 3 amide bonds. The minimum Gasteiger partial charge on any atom is -0.353 e. The number of likely N-dealkylation sites (tertiary alicyclic amines) is 1. The van der Waals surface area contributed by atoms with E-state index >= 15 is 0 Å². The van der Waals surface area contributed by atoms with Crippen molar-refractivity contribution in [2.45, 2.75) is 32.5 Å². The van der Waals surface area contributed by atoms with Crippen LogP contribution in [0.4, 0.5) is 5.82 Å². The van der Waals surface area contributed by atoms with Crippen molar-refractivity contribution >= 4 is 50.4 Å². The molecule has 1 aromatic carbocycles. The van der Waals surface area contributed by atoms with E-state index in [0.29, 0.717) is 43.9 Å². The zero-order valence-electron chi connectivity index (χ0n) is 22.4. The molecule has 5 rings (SSSR count). The molecule has 0 spiro atoms. The van der Waals surface area contributed by atoms with E-state index in [1.54, 1.807) is 17.2 Å². The largest absolute Gasteiger partial charge is 0.353 e. The van der Waals surface area contributed by atoms with Gasteiger partial charge in [-0.2, -0.15) is 5.26 Å². The number of nitriles is 1. The van der Waals surface area contributed by atoms with Crippen LogP contribution in [0.25, 0.3) is 10.9 Å². The molecule has 0 radical (unpaired) electrons. The molecule has 1 atom stereocenters. The number of carbonyl (C=O) groups is 3. The number of hydrogen-bond acceptors (Lipinski definition) is 6. The van der Waals surface area contributed by atoms with Gasteiger partial charge in [0, 0.05) is 66.0 Å². The first-order valence-corrected chi connectivity index (χ1v) is 13.9. The maximum atomic E-state index is 14.0. The molecular formula is C29H30BrN7O3. The van der Waals surface area contributed by atoms with Crippen LogP contribution in [0.1, 0.15) is 28.5 Å². The van der Waals surface area contributed by atoms with E-state index in [4.69, 9.17) is 5.26 Å². The van der Waals surface area contributed by atoms with Gasteiger partial charge in [0.05, 0.1) is 17.2 Å². The monoisotopic (exact) mass is 603 g/mol. The molecule has 40 heavy (non-hydrogen) atoms. The molecule has 1 N–H and O–H groups in total. The average molecular weight is 605 g/mol. The third-order valence-corrected chi connectivity index (χ3v) is 8.12. The number of anilines is 1. The Morgan fingerprint density at radius 3 is 2.62 bits per heavy atom. The Morgan fingerprint density at radius 2 is 1.98 bits per heavy atom. The third-order valence-electron chi connectivity index (χ3n) is 7.62. The number of halogens is 1. The first kappa shape index (κ1) is 27.4. The van der Waals surface area contributed by atoms with Gasteiger partial charge in [0.15, 0.2) is 0 Å². The second kappa shape index (κ2) is 11.1. The van der Waals surface area contributed by atoms with Crippen molar-refractivity contribution in [2.75, 3.05) is 37.6 Å². The minimum atomic E-state index is -0.172. The molecular weight excluding hydrogens is 574 g/mol. The van der Waals surface area contributed by atoms with Crippen LogP contribution in [0, 0.1) is 18.3 Å². The van der Waals surface area contributed by atoms with Gasteiger partial charge >= 0.3 is 0 Å². The van der Waals surface area contributed by atoms with Crippen molar-refractivity contribution in [3.63, 3.8) is 0 Å². The fourth-order valence-electron chi connectivity index (χ4n) is 5.47. The Morgan fingerprint density at radius 1 is 1.20 bits per heavy atom. The normalized spacial score (nSPS) is 17.4. The van der Waals surface area contributed by atoms with Crippen LogP contribution in [0.15, 0.2) is 53.7 Å². The number of nitrogens with zero attached hydrogens (tertiary/aromatic N) is 6. The van der Waals surface area contributed by atoms with Gasteiger partial charge in [-0.25, -0.2) is 4.98 Å². The van der Waals surface area contributed by atoms with Gasteiger partial charge in [-0.1, -0.05) is 22.5 Å². The van der Waals surface area contributed by atoms with Crippen molar-refractivity contribution in [2.24, 2.45) is 0 Å². The van der Waals surface area contributed by atoms with E-state index < -0.39 is 0 Å². The van der Waals surface area contributed by atoms with Crippen LogP contribution in [0.2, 0.25) is 0 Å². The predicted octanol–water partition coefficient (Wildman–Crippen LogP) is 2.84. The van der Waals surface area contributed by atoms with Crippen molar-refractivity contribution < 1.29 is 14.4 Å². The summed E-state index contributed by atoms with van der Waals surface area (Å²) in [5, 5.41) is 12.8. The van der Waals surface area contributed by atoms with Crippen LogP contribution in [-0.2, 0) is 16.1 Å². The summed E-state index contributed by atoms with van der Waals surface area (Å²) >= 11 is 3.54. The molecule has 4 heterocycles. The number of benzene rings is 1. The molecule has 3 aromatic rings. The zero-order valence-corrected chi connectivity index (χ0v) is 24.0. The Hall–Kier alpha value is -4.17. The Labute approximate surface area is 241 Å². The number of aromatic nitrogens is 2. The second-order valence-corrected chi connectivity index (χ2v) is 11.1. The molecule has 0 unspecified atom stereocenters. The molecule has 0 saturated carbocycles. The molecule has 2 aromatic heterocycles. The van der Waals surface area contributed by atoms with Crippen molar-refractivity contribution in [3.8, 4) is 6.07 Å². The minimum absolute atomic E-state index is 0.0663. The predicted molar refractivity (Wildman–Crippen MR) is 155 cm³/mol. The maximum Gasteiger partial charge on any atom is 0.256 e.